The van der Waals surface area contributed by atoms with Gasteiger partial charge < -0.3 is 15.2 Å². The highest BCUT2D eigenvalue weighted by atomic mass is 19.3. The number of fused-ring (bicyclic) bond motifs is 2. The summed E-state index contributed by atoms with van der Waals surface area (Å²) in [7, 11) is 0. The van der Waals surface area contributed by atoms with Crippen LogP contribution in [0, 0.1) is 0 Å². The predicted octanol–water partition coefficient (Wildman–Crippen LogP) is 5.17. The van der Waals surface area contributed by atoms with Crippen molar-refractivity contribution in [3.63, 3.8) is 0 Å². The molecule has 2 heterocycles. The number of hydrogen-bond donors (Lipinski definition) is 1. The molecular weight excluding hydrogens is 466 g/mol. The van der Waals surface area contributed by atoms with E-state index in [-0.39, 0.29) is 23.7 Å². The molecule has 0 saturated heterocycles. The van der Waals surface area contributed by atoms with E-state index in [4.69, 9.17) is 10.7 Å². The first kappa shape index (κ1) is 22.2. The standard InChI is InChI=1S/C28H20F2N2O4/c29-28(30)35-22-9-8-19(14-23(22)36-28)27(10-11-27)24(33)15-20-13-16-4-1-2-7-21(16)25(32-20)17-5-3-6-18(12-17)26(31)34/h1-9,12-14H,10-11,15H2,(H2,31,34). The van der Waals surface area contributed by atoms with Gasteiger partial charge in [0.2, 0.25) is 5.91 Å². The molecule has 3 aromatic carbocycles. The summed E-state index contributed by atoms with van der Waals surface area (Å²) in [6.45, 7) is 0. The third kappa shape index (κ3) is 3.75. The van der Waals surface area contributed by atoms with Crippen LogP contribution < -0.4 is 15.2 Å². The van der Waals surface area contributed by atoms with Crippen molar-refractivity contribution in [2.24, 2.45) is 5.73 Å². The Kier molecular flexibility index (Phi) is 4.83. The molecule has 1 aliphatic heterocycles. The van der Waals surface area contributed by atoms with E-state index in [1.165, 1.54) is 12.1 Å². The molecule has 1 saturated carbocycles. The lowest BCUT2D eigenvalue weighted by Crippen LogP contribution is -2.26. The molecule has 2 N–H and O–H groups in total. The molecule has 1 fully saturated rings. The highest BCUT2D eigenvalue weighted by Crippen LogP contribution is 2.52. The first-order valence-electron chi connectivity index (χ1n) is 11.5. The summed E-state index contributed by atoms with van der Waals surface area (Å²) in [6, 6.07) is 21.0. The van der Waals surface area contributed by atoms with Crippen molar-refractivity contribution in [2.75, 3.05) is 0 Å². The van der Waals surface area contributed by atoms with E-state index in [0.717, 1.165) is 16.3 Å². The monoisotopic (exact) mass is 486 g/mol. The Morgan fingerprint density at radius 3 is 2.47 bits per heavy atom. The van der Waals surface area contributed by atoms with Crippen molar-refractivity contribution < 1.29 is 27.8 Å². The van der Waals surface area contributed by atoms with Crippen LogP contribution in [0.1, 0.15) is 34.5 Å². The first-order valence-corrected chi connectivity index (χ1v) is 11.5. The number of amides is 1. The number of ether oxygens (including phenoxy) is 2. The highest BCUT2D eigenvalue weighted by Gasteiger charge is 2.52. The fraction of sp³-hybridized carbons (Fsp3) is 0.179. The summed E-state index contributed by atoms with van der Waals surface area (Å²) in [5.41, 5.74) is 7.64. The number of Topliss-reactive ketones (excluding diaryl/α,β-unsaturated/α-hetero) is 1. The van der Waals surface area contributed by atoms with Gasteiger partial charge in [-0.3, -0.25) is 14.6 Å². The van der Waals surface area contributed by atoms with E-state index in [1.54, 1.807) is 24.3 Å². The Balaban J connectivity index is 1.35. The lowest BCUT2D eigenvalue weighted by molar-refractivity contribution is -0.286. The van der Waals surface area contributed by atoms with E-state index >= 15 is 0 Å². The van der Waals surface area contributed by atoms with Crippen LogP contribution in [-0.4, -0.2) is 23.0 Å². The maximum absolute atomic E-state index is 13.5. The third-order valence-electron chi connectivity index (χ3n) is 6.79. The van der Waals surface area contributed by atoms with Gasteiger partial charge in [0.05, 0.1) is 11.1 Å². The molecule has 6 rings (SSSR count). The van der Waals surface area contributed by atoms with Crippen molar-refractivity contribution in [1.29, 1.82) is 0 Å². The molecule has 0 spiro atoms. The molecule has 36 heavy (non-hydrogen) atoms. The number of pyridine rings is 1. The molecule has 4 aromatic rings. The van der Waals surface area contributed by atoms with Crippen LogP contribution in [0.3, 0.4) is 0 Å². The van der Waals surface area contributed by atoms with Gasteiger partial charge in [-0.25, -0.2) is 0 Å². The number of nitrogens with two attached hydrogens (primary N) is 1. The summed E-state index contributed by atoms with van der Waals surface area (Å²) in [6.07, 6.45) is -2.41. The molecule has 1 aromatic heterocycles. The Morgan fingerprint density at radius 1 is 0.917 bits per heavy atom. The summed E-state index contributed by atoms with van der Waals surface area (Å²) in [5.74, 6) is -0.708. The molecule has 8 heteroatoms. The molecule has 180 valence electrons. The van der Waals surface area contributed by atoms with Gasteiger partial charge >= 0.3 is 6.29 Å². The number of hydrogen-bond acceptors (Lipinski definition) is 5. The number of aromatic nitrogens is 1. The maximum Gasteiger partial charge on any atom is 0.586 e. The largest absolute Gasteiger partial charge is 0.586 e. The average molecular weight is 486 g/mol. The number of ketones is 1. The lowest BCUT2D eigenvalue weighted by Gasteiger charge is -2.16. The Morgan fingerprint density at radius 2 is 1.69 bits per heavy atom. The molecule has 0 unspecified atom stereocenters. The zero-order chi connectivity index (χ0) is 25.1. The smallest absolute Gasteiger partial charge is 0.395 e. The van der Waals surface area contributed by atoms with E-state index < -0.39 is 17.6 Å². The zero-order valence-electron chi connectivity index (χ0n) is 19.0. The van der Waals surface area contributed by atoms with Gasteiger partial charge in [-0.1, -0.05) is 42.5 Å². The molecule has 0 bridgehead atoms. The fourth-order valence-corrected chi connectivity index (χ4v) is 4.82. The van der Waals surface area contributed by atoms with E-state index in [2.05, 4.69) is 9.47 Å². The minimum absolute atomic E-state index is 0.0484. The summed E-state index contributed by atoms with van der Waals surface area (Å²) < 4.78 is 36.0. The third-order valence-corrected chi connectivity index (χ3v) is 6.79. The number of alkyl halides is 2. The van der Waals surface area contributed by atoms with Crippen molar-refractivity contribution >= 4 is 22.5 Å². The average Bonchev–Trinajstić information content (AvgIpc) is 3.60. The number of halogens is 2. The molecule has 0 radical (unpaired) electrons. The van der Waals surface area contributed by atoms with Gasteiger partial charge in [0, 0.05) is 28.6 Å². The predicted molar refractivity (Wildman–Crippen MR) is 128 cm³/mol. The second-order valence-electron chi connectivity index (χ2n) is 9.14. The highest BCUT2D eigenvalue weighted by molar-refractivity contribution is 5.99. The van der Waals surface area contributed by atoms with E-state index in [9.17, 15) is 18.4 Å². The number of rotatable bonds is 6. The van der Waals surface area contributed by atoms with Gasteiger partial charge in [0.15, 0.2) is 11.5 Å². The van der Waals surface area contributed by atoms with Crippen LogP contribution in [0.4, 0.5) is 8.78 Å². The van der Waals surface area contributed by atoms with Crippen LogP contribution in [0.2, 0.25) is 0 Å². The fourth-order valence-electron chi connectivity index (χ4n) is 4.82. The van der Waals surface area contributed by atoms with Crippen LogP contribution in [0.25, 0.3) is 22.0 Å². The van der Waals surface area contributed by atoms with E-state index in [1.807, 2.05) is 36.4 Å². The van der Waals surface area contributed by atoms with Crippen LogP contribution in [0.15, 0.2) is 72.8 Å². The van der Waals surface area contributed by atoms with Crippen molar-refractivity contribution in [3.05, 3.63) is 89.6 Å². The summed E-state index contributed by atoms with van der Waals surface area (Å²) >= 11 is 0. The van der Waals surface area contributed by atoms with Crippen molar-refractivity contribution in [3.8, 4) is 22.8 Å². The van der Waals surface area contributed by atoms with Gasteiger partial charge in [-0.2, -0.15) is 0 Å². The van der Waals surface area contributed by atoms with Crippen molar-refractivity contribution in [1.82, 2.24) is 4.98 Å². The van der Waals surface area contributed by atoms with Gasteiger partial charge in [-0.15, -0.1) is 8.78 Å². The number of benzene rings is 3. The summed E-state index contributed by atoms with van der Waals surface area (Å²) in [4.78, 5) is 30.1. The molecule has 1 amide bonds. The Labute approximate surface area is 204 Å². The van der Waals surface area contributed by atoms with Gasteiger partial charge in [0.1, 0.15) is 5.78 Å². The summed E-state index contributed by atoms with van der Waals surface area (Å²) in [5, 5.41) is 1.79. The second kappa shape index (κ2) is 7.84. The normalized spacial score (nSPS) is 16.6. The molecule has 2 aliphatic rings. The number of primary amides is 1. The molecule has 1 aliphatic carbocycles. The Bertz CT molecular complexity index is 1560. The Hall–Kier alpha value is -4.33. The second-order valence-corrected chi connectivity index (χ2v) is 9.14. The quantitative estimate of drug-likeness (QED) is 0.406. The maximum atomic E-state index is 13.5. The molecular formula is C28H20F2N2O4. The SMILES string of the molecule is NC(=O)c1cccc(-c2nc(CC(=O)C3(c4ccc5c(c4)OC(F)(F)O5)CC3)cc3ccccc23)c1. The van der Waals surface area contributed by atoms with Crippen LogP contribution in [0.5, 0.6) is 11.5 Å². The van der Waals surface area contributed by atoms with Crippen LogP contribution in [-0.2, 0) is 16.6 Å². The number of carbonyl (C=O) groups excluding carboxylic acids is 2. The molecule has 0 atom stereocenters. The lowest BCUT2D eigenvalue weighted by atomic mass is 9.88. The first-order chi connectivity index (χ1) is 17.2. The topological polar surface area (TPSA) is 91.5 Å². The molecule has 6 nitrogen and oxygen atoms in total. The van der Waals surface area contributed by atoms with Crippen LogP contribution >= 0.6 is 0 Å². The van der Waals surface area contributed by atoms with Crippen molar-refractivity contribution in [2.45, 2.75) is 31.0 Å². The number of carbonyl (C=O) groups is 2. The van der Waals surface area contributed by atoms with Gasteiger partial charge in [0.25, 0.3) is 0 Å². The minimum Gasteiger partial charge on any atom is -0.395 e. The number of nitrogens with zero attached hydrogens (tertiary/aromatic N) is 1. The van der Waals surface area contributed by atoms with Gasteiger partial charge in [-0.05, 0) is 54.1 Å². The zero-order valence-corrected chi connectivity index (χ0v) is 19.0. The minimum atomic E-state index is -3.71. The van der Waals surface area contributed by atoms with E-state index in [0.29, 0.717) is 35.4 Å².